The van der Waals surface area contributed by atoms with Crippen LogP contribution >= 0.6 is 22.6 Å². The van der Waals surface area contributed by atoms with Crippen LogP contribution in [0.5, 0.6) is 0 Å². The van der Waals surface area contributed by atoms with E-state index >= 15 is 0 Å². The first-order valence-electron chi connectivity index (χ1n) is 6.79. The topological polar surface area (TPSA) is 29.5 Å². The van der Waals surface area contributed by atoms with Gasteiger partial charge < -0.3 is 9.84 Å². The summed E-state index contributed by atoms with van der Waals surface area (Å²) in [6.45, 7) is 1.50. The maximum atomic E-state index is 9.07. The highest BCUT2D eigenvalue weighted by atomic mass is 127. The molecule has 0 unspecified atom stereocenters. The molecule has 2 nitrogen and oxygen atoms in total. The molecule has 3 heteroatoms. The molecule has 0 aliphatic rings. The maximum absolute atomic E-state index is 9.07. The summed E-state index contributed by atoms with van der Waals surface area (Å²) in [5.74, 6) is 0. The van der Waals surface area contributed by atoms with Gasteiger partial charge in [-0.05, 0) is 58.2 Å². The zero-order valence-electron chi connectivity index (χ0n) is 11.4. The van der Waals surface area contributed by atoms with Gasteiger partial charge in [-0.15, -0.1) is 0 Å². The normalized spacial score (nSPS) is 10.7. The Labute approximate surface area is 133 Å². The summed E-state index contributed by atoms with van der Waals surface area (Å²) >= 11 is 2.29. The number of ether oxygens (including phenoxy) is 1. The molecule has 2 aromatic carbocycles. The van der Waals surface area contributed by atoms with Gasteiger partial charge in [0.1, 0.15) is 0 Å². The summed E-state index contributed by atoms with van der Waals surface area (Å²) < 4.78 is 6.88. The first-order valence-corrected chi connectivity index (χ1v) is 7.87. The molecule has 20 heavy (non-hydrogen) atoms. The van der Waals surface area contributed by atoms with Crippen molar-refractivity contribution in [2.45, 2.75) is 26.1 Å². The highest BCUT2D eigenvalue weighted by Crippen LogP contribution is 2.16. The summed E-state index contributed by atoms with van der Waals surface area (Å²) in [4.78, 5) is 0. The summed E-state index contributed by atoms with van der Waals surface area (Å²) in [5.41, 5.74) is 3.49. The van der Waals surface area contributed by atoms with Crippen LogP contribution in [-0.4, -0.2) is 11.7 Å². The zero-order chi connectivity index (χ0) is 14.2. The van der Waals surface area contributed by atoms with Gasteiger partial charge in [-0.25, -0.2) is 0 Å². The van der Waals surface area contributed by atoms with E-state index in [2.05, 4.69) is 46.9 Å². The highest BCUT2D eigenvalue weighted by Gasteiger charge is 2.01. The minimum Gasteiger partial charge on any atom is -0.392 e. The van der Waals surface area contributed by atoms with Gasteiger partial charge in [-0.1, -0.05) is 42.5 Å². The number of rotatable bonds is 7. The van der Waals surface area contributed by atoms with E-state index in [1.54, 1.807) is 0 Å². The van der Waals surface area contributed by atoms with Crippen molar-refractivity contribution in [3.05, 3.63) is 68.8 Å². The average molecular weight is 382 g/mol. The van der Waals surface area contributed by atoms with Crippen molar-refractivity contribution >= 4 is 22.6 Å². The highest BCUT2D eigenvalue weighted by molar-refractivity contribution is 14.1. The lowest BCUT2D eigenvalue weighted by molar-refractivity contribution is 0.118. The molecule has 0 spiro atoms. The average Bonchev–Trinajstić information content (AvgIpc) is 2.49. The Bertz CT molecular complexity index is 526. The summed E-state index contributed by atoms with van der Waals surface area (Å²) in [7, 11) is 0. The van der Waals surface area contributed by atoms with Crippen LogP contribution in [0.15, 0.2) is 48.5 Å². The second kappa shape index (κ2) is 8.39. The van der Waals surface area contributed by atoms with Gasteiger partial charge in [0.2, 0.25) is 0 Å². The fraction of sp³-hybridized carbons (Fsp3) is 0.294. The van der Waals surface area contributed by atoms with Crippen molar-refractivity contribution in [3.63, 3.8) is 0 Å². The molecule has 0 fully saturated rings. The van der Waals surface area contributed by atoms with Gasteiger partial charge in [-0.2, -0.15) is 0 Å². The number of benzene rings is 2. The minimum absolute atomic E-state index is 0.0915. The first kappa shape index (κ1) is 15.5. The fourth-order valence-corrected chi connectivity index (χ4v) is 2.75. The maximum Gasteiger partial charge on any atom is 0.0727 e. The molecule has 0 amide bonds. The number of halogens is 1. The van der Waals surface area contributed by atoms with E-state index in [9.17, 15) is 0 Å². The van der Waals surface area contributed by atoms with Crippen LogP contribution in [0.1, 0.15) is 23.1 Å². The Kier molecular flexibility index (Phi) is 6.50. The molecular formula is C17H19IO2. The predicted molar refractivity (Wildman–Crippen MR) is 89.5 cm³/mol. The quantitative estimate of drug-likeness (QED) is 0.581. The SMILES string of the molecule is OCc1ccc(COCCCc2ccccc2)c(I)c1. The van der Waals surface area contributed by atoms with E-state index in [1.807, 2.05) is 24.3 Å². The smallest absolute Gasteiger partial charge is 0.0727 e. The summed E-state index contributed by atoms with van der Waals surface area (Å²) in [5, 5.41) is 9.07. The van der Waals surface area contributed by atoms with Gasteiger partial charge in [0, 0.05) is 10.2 Å². The Morgan fingerprint density at radius 2 is 1.80 bits per heavy atom. The van der Waals surface area contributed by atoms with E-state index < -0.39 is 0 Å². The third-order valence-corrected chi connectivity index (χ3v) is 4.16. The molecule has 0 bridgehead atoms. The Morgan fingerprint density at radius 3 is 2.50 bits per heavy atom. The summed E-state index contributed by atoms with van der Waals surface area (Å²) in [6, 6.07) is 16.5. The molecule has 1 N–H and O–H groups in total. The van der Waals surface area contributed by atoms with E-state index in [-0.39, 0.29) is 6.61 Å². The number of aliphatic hydroxyl groups is 1. The van der Waals surface area contributed by atoms with E-state index in [1.165, 1.54) is 11.1 Å². The minimum atomic E-state index is 0.0915. The van der Waals surface area contributed by atoms with Crippen molar-refractivity contribution in [1.82, 2.24) is 0 Å². The van der Waals surface area contributed by atoms with Gasteiger partial charge in [0.15, 0.2) is 0 Å². The molecular weight excluding hydrogens is 363 g/mol. The largest absolute Gasteiger partial charge is 0.392 e. The van der Waals surface area contributed by atoms with Crippen LogP contribution in [0.2, 0.25) is 0 Å². The second-order valence-electron chi connectivity index (χ2n) is 4.73. The van der Waals surface area contributed by atoms with E-state index in [4.69, 9.17) is 9.84 Å². The lowest BCUT2D eigenvalue weighted by Gasteiger charge is -2.08. The van der Waals surface area contributed by atoms with Gasteiger partial charge >= 0.3 is 0 Å². The molecule has 0 heterocycles. The lowest BCUT2D eigenvalue weighted by atomic mass is 10.1. The van der Waals surface area contributed by atoms with Crippen molar-refractivity contribution < 1.29 is 9.84 Å². The van der Waals surface area contributed by atoms with Gasteiger partial charge in [0.05, 0.1) is 13.2 Å². The van der Waals surface area contributed by atoms with Crippen LogP contribution in [-0.2, 0) is 24.4 Å². The van der Waals surface area contributed by atoms with Gasteiger partial charge in [0.25, 0.3) is 0 Å². The van der Waals surface area contributed by atoms with Crippen molar-refractivity contribution in [1.29, 1.82) is 0 Å². The monoisotopic (exact) mass is 382 g/mol. The van der Waals surface area contributed by atoms with Crippen molar-refractivity contribution in [3.8, 4) is 0 Å². The first-order chi connectivity index (χ1) is 9.79. The molecule has 106 valence electrons. The molecule has 2 rings (SSSR count). The molecule has 0 aromatic heterocycles. The third-order valence-electron chi connectivity index (χ3n) is 3.15. The second-order valence-corrected chi connectivity index (χ2v) is 5.89. The van der Waals surface area contributed by atoms with Crippen LogP contribution in [0, 0.1) is 3.57 Å². The number of aliphatic hydroxyl groups excluding tert-OH is 1. The molecule has 0 saturated carbocycles. The zero-order valence-corrected chi connectivity index (χ0v) is 13.5. The molecule has 0 radical (unpaired) electrons. The Morgan fingerprint density at radius 1 is 1.00 bits per heavy atom. The van der Waals surface area contributed by atoms with E-state index in [0.717, 1.165) is 28.6 Å². The van der Waals surface area contributed by atoms with Crippen LogP contribution in [0.4, 0.5) is 0 Å². The van der Waals surface area contributed by atoms with Crippen molar-refractivity contribution in [2.75, 3.05) is 6.61 Å². The van der Waals surface area contributed by atoms with Crippen LogP contribution in [0.3, 0.4) is 0 Å². The van der Waals surface area contributed by atoms with Crippen molar-refractivity contribution in [2.24, 2.45) is 0 Å². The van der Waals surface area contributed by atoms with E-state index in [0.29, 0.717) is 6.61 Å². The number of aryl methyl sites for hydroxylation is 1. The summed E-state index contributed by atoms with van der Waals surface area (Å²) in [6.07, 6.45) is 2.09. The lowest BCUT2D eigenvalue weighted by Crippen LogP contribution is -2.00. The fourth-order valence-electron chi connectivity index (χ4n) is 2.01. The van der Waals surface area contributed by atoms with Crippen LogP contribution < -0.4 is 0 Å². The molecule has 0 aliphatic heterocycles. The molecule has 2 aromatic rings. The predicted octanol–water partition coefficient (Wildman–Crippen LogP) is 3.93. The number of hydrogen-bond acceptors (Lipinski definition) is 2. The molecule has 0 aliphatic carbocycles. The molecule has 0 saturated heterocycles. The Balaban J connectivity index is 1.71. The molecule has 0 atom stereocenters. The Hall–Kier alpha value is -0.910. The third kappa shape index (κ3) is 4.89. The van der Waals surface area contributed by atoms with Crippen LogP contribution in [0.25, 0.3) is 0 Å². The van der Waals surface area contributed by atoms with Gasteiger partial charge in [-0.3, -0.25) is 0 Å². The standard InChI is InChI=1S/C17H19IO2/c18-17-11-15(12-19)8-9-16(17)13-20-10-4-7-14-5-2-1-3-6-14/h1-3,5-6,8-9,11,19H,4,7,10,12-13H2. The number of hydrogen-bond donors (Lipinski definition) is 1.